The number of rotatable bonds is 7. The molecule has 2 heterocycles. The Morgan fingerprint density at radius 1 is 1.06 bits per heavy atom. The topological polar surface area (TPSA) is 84.3 Å². The van der Waals surface area contributed by atoms with Crippen molar-refractivity contribution in [1.82, 2.24) is 14.5 Å². The fraction of sp³-hybridized carbons (Fsp3) is 0.333. The number of amides is 1. The van der Waals surface area contributed by atoms with Crippen LogP contribution < -0.4 is 10.9 Å². The van der Waals surface area contributed by atoms with Gasteiger partial charge in [0.15, 0.2) is 5.78 Å². The van der Waals surface area contributed by atoms with Crippen LogP contribution in [0, 0.1) is 0 Å². The third kappa shape index (κ3) is 5.31. The van der Waals surface area contributed by atoms with E-state index in [1.807, 2.05) is 32.0 Å². The molecule has 0 radical (unpaired) electrons. The van der Waals surface area contributed by atoms with Crippen molar-refractivity contribution in [2.45, 2.75) is 52.7 Å². The van der Waals surface area contributed by atoms with Gasteiger partial charge >= 0.3 is 0 Å². The average molecular weight is 459 g/mol. The molecule has 1 aliphatic heterocycles. The molecule has 0 saturated carbocycles. The second-order valence-corrected chi connectivity index (χ2v) is 9.07. The van der Waals surface area contributed by atoms with Crippen LogP contribution in [0.2, 0.25) is 0 Å². The molecule has 1 N–H and O–H groups in total. The zero-order valence-electron chi connectivity index (χ0n) is 19.9. The van der Waals surface area contributed by atoms with Gasteiger partial charge in [0.2, 0.25) is 5.91 Å². The Kier molecular flexibility index (Phi) is 7.03. The summed E-state index contributed by atoms with van der Waals surface area (Å²) in [5, 5.41) is 2.82. The number of anilines is 1. The highest BCUT2D eigenvalue weighted by atomic mass is 16.2. The molecular formula is C27H30N4O3. The van der Waals surface area contributed by atoms with E-state index >= 15 is 0 Å². The molecule has 0 saturated heterocycles. The number of benzene rings is 2. The summed E-state index contributed by atoms with van der Waals surface area (Å²) >= 11 is 0. The normalized spacial score (nSPS) is 13.5. The first-order valence-corrected chi connectivity index (χ1v) is 11.6. The molecule has 0 unspecified atom stereocenters. The number of Topliss-reactive ketones (excluding diaryl/α,β-unsaturated/α-hetero) is 1. The maximum Gasteiger partial charge on any atom is 0.257 e. The van der Waals surface area contributed by atoms with Gasteiger partial charge in [-0.2, -0.15) is 0 Å². The predicted molar refractivity (Wildman–Crippen MR) is 132 cm³/mol. The van der Waals surface area contributed by atoms with E-state index in [0.717, 1.165) is 18.8 Å². The number of nitrogens with zero attached hydrogens (tertiary/aromatic N) is 3. The van der Waals surface area contributed by atoms with Gasteiger partial charge < -0.3 is 5.32 Å². The number of hydrogen-bond donors (Lipinski definition) is 1. The van der Waals surface area contributed by atoms with Crippen molar-refractivity contribution in [1.29, 1.82) is 0 Å². The lowest BCUT2D eigenvalue weighted by atomic mass is 10.0. The van der Waals surface area contributed by atoms with Gasteiger partial charge in [0.25, 0.3) is 5.56 Å². The summed E-state index contributed by atoms with van der Waals surface area (Å²) < 4.78 is 1.51. The van der Waals surface area contributed by atoms with Gasteiger partial charge in [-0.1, -0.05) is 44.2 Å². The Balaban J connectivity index is 1.53. The van der Waals surface area contributed by atoms with Gasteiger partial charge in [0.05, 0.1) is 5.69 Å². The van der Waals surface area contributed by atoms with Crippen molar-refractivity contribution in [2.75, 3.05) is 11.9 Å². The van der Waals surface area contributed by atoms with Crippen LogP contribution in [0.3, 0.4) is 0 Å². The largest absolute Gasteiger partial charge is 0.325 e. The summed E-state index contributed by atoms with van der Waals surface area (Å²) in [6.07, 6.45) is 0.612. The highest BCUT2D eigenvalue weighted by Crippen LogP contribution is 2.20. The molecule has 0 bridgehead atoms. The maximum absolute atomic E-state index is 13.4. The van der Waals surface area contributed by atoms with Crippen LogP contribution in [0.5, 0.6) is 0 Å². The van der Waals surface area contributed by atoms with E-state index in [0.29, 0.717) is 35.6 Å². The Hall–Kier alpha value is -3.58. The van der Waals surface area contributed by atoms with Crippen LogP contribution in [0.25, 0.3) is 0 Å². The third-order valence-corrected chi connectivity index (χ3v) is 6.07. The van der Waals surface area contributed by atoms with Gasteiger partial charge in [-0.05, 0) is 43.2 Å². The predicted octanol–water partition coefficient (Wildman–Crippen LogP) is 3.77. The van der Waals surface area contributed by atoms with Gasteiger partial charge in [0.1, 0.15) is 12.4 Å². The quantitative estimate of drug-likeness (QED) is 0.545. The van der Waals surface area contributed by atoms with E-state index in [9.17, 15) is 14.4 Å². The van der Waals surface area contributed by atoms with Crippen LogP contribution in [0.1, 0.15) is 59.7 Å². The summed E-state index contributed by atoms with van der Waals surface area (Å²) in [4.78, 5) is 44.8. The summed E-state index contributed by atoms with van der Waals surface area (Å²) in [7, 11) is 0. The molecule has 3 aromatic rings. The molecule has 0 atom stereocenters. The first kappa shape index (κ1) is 23.6. The molecule has 1 aromatic heterocycles. The molecule has 7 nitrogen and oxygen atoms in total. The standard InChI is InChI=1S/C27H30N4O3/c1-18(2)26-29-24-16-30(15-20-7-5-4-6-8-20)14-13-23(24)27(34)31(26)17-25(33)28-22-11-9-21(10-12-22)19(3)32/h4-12,18H,13-17H2,1-3H3,(H,28,33). The zero-order valence-corrected chi connectivity index (χ0v) is 19.9. The SMILES string of the molecule is CC(=O)c1ccc(NC(=O)Cn2c(C(C)C)nc3c(c2=O)CCN(Cc2ccccc2)C3)cc1. The van der Waals surface area contributed by atoms with Crippen LogP contribution >= 0.6 is 0 Å². The second kappa shape index (κ2) is 10.1. The number of ketones is 1. The minimum Gasteiger partial charge on any atom is -0.325 e. The Morgan fingerprint density at radius 2 is 1.76 bits per heavy atom. The third-order valence-electron chi connectivity index (χ3n) is 6.07. The van der Waals surface area contributed by atoms with Crippen molar-refractivity contribution >= 4 is 17.4 Å². The van der Waals surface area contributed by atoms with Gasteiger partial charge in [-0.25, -0.2) is 4.98 Å². The minimum atomic E-state index is -0.303. The van der Waals surface area contributed by atoms with E-state index in [1.54, 1.807) is 24.3 Å². The lowest BCUT2D eigenvalue weighted by Gasteiger charge is -2.29. The summed E-state index contributed by atoms with van der Waals surface area (Å²) in [6, 6.07) is 17.0. The van der Waals surface area contributed by atoms with Crippen molar-refractivity contribution in [3.63, 3.8) is 0 Å². The second-order valence-electron chi connectivity index (χ2n) is 9.07. The van der Waals surface area contributed by atoms with Crippen molar-refractivity contribution in [3.8, 4) is 0 Å². The first-order chi connectivity index (χ1) is 16.3. The van der Waals surface area contributed by atoms with E-state index in [1.165, 1.54) is 17.1 Å². The lowest BCUT2D eigenvalue weighted by Crippen LogP contribution is -2.40. The van der Waals surface area contributed by atoms with E-state index in [4.69, 9.17) is 4.98 Å². The highest BCUT2D eigenvalue weighted by Gasteiger charge is 2.25. The Bertz CT molecular complexity index is 1250. The minimum absolute atomic E-state index is 0.00912. The number of hydrogen-bond acceptors (Lipinski definition) is 5. The van der Waals surface area contributed by atoms with Gasteiger partial charge in [-0.3, -0.25) is 23.9 Å². The molecule has 4 rings (SSSR count). The molecule has 1 aliphatic rings. The van der Waals surface area contributed by atoms with Crippen molar-refractivity contribution < 1.29 is 9.59 Å². The smallest absolute Gasteiger partial charge is 0.257 e. The van der Waals surface area contributed by atoms with Crippen LogP contribution in [-0.4, -0.2) is 32.7 Å². The molecular weight excluding hydrogens is 428 g/mol. The number of carbonyl (C=O) groups excluding carboxylic acids is 2. The maximum atomic E-state index is 13.4. The van der Waals surface area contributed by atoms with E-state index in [-0.39, 0.29) is 29.7 Å². The molecule has 7 heteroatoms. The first-order valence-electron chi connectivity index (χ1n) is 11.6. The molecule has 34 heavy (non-hydrogen) atoms. The van der Waals surface area contributed by atoms with Crippen LogP contribution in [-0.2, 0) is 30.8 Å². The molecule has 176 valence electrons. The number of fused-ring (bicyclic) bond motifs is 1. The van der Waals surface area contributed by atoms with Crippen molar-refractivity contribution in [2.24, 2.45) is 0 Å². The lowest BCUT2D eigenvalue weighted by molar-refractivity contribution is -0.116. The van der Waals surface area contributed by atoms with Gasteiger partial charge in [-0.15, -0.1) is 0 Å². The molecule has 0 fully saturated rings. The number of nitrogens with one attached hydrogen (secondary N) is 1. The Labute approximate surface area is 199 Å². The van der Waals surface area contributed by atoms with Gasteiger partial charge in [0, 0.05) is 42.4 Å². The monoisotopic (exact) mass is 458 g/mol. The number of aromatic nitrogens is 2. The summed E-state index contributed by atoms with van der Waals surface area (Å²) in [5.41, 5.74) is 3.78. The van der Waals surface area contributed by atoms with E-state index < -0.39 is 0 Å². The Morgan fingerprint density at radius 3 is 2.41 bits per heavy atom. The summed E-state index contributed by atoms with van der Waals surface area (Å²) in [5.74, 6) is 0.272. The van der Waals surface area contributed by atoms with Crippen LogP contribution in [0.4, 0.5) is 5.69 Å². The fourth-order valence-corrected chi connectivity index (χ4v) is 4.30. The average Bonchev–Trinajstić information content (AvgIpc) is 2.81. The molecule has 0 spiro atoms. The molecule has 2 aromatic carbocycles. The molecule has 1 amide bonds. The summed E-state index contributed by atoms with van der Waals surface area (Å²) in [6.45, 7) is 7.56. The zero-order chi connectivity index (χ0) is 24.2. The van der Waals surface area contributed by atoms with Crippen LogP contribution in [0.15, 0.2) is 59.4 Å². The number of carbonyl (C=O) groups is 2. The van der Waals surface area contributed by atoms with Crippen molar-refractivity contribution in [3.05, 3.63) is 93.2 Å². The highest BCUT2D eigenvalue weighted by molar-refractivity contribution is 5.95. The molecule has 0 aliphatic carbocycles. The fourth-order valence-electron chi connectivity index (χ4n) is 4.30. The van der Waals surface area contributed by atoms with E-state index in [2.05, 4.69) is 22.3 Å².